The van der Waals surface area contributed by atoms with Crippen molar-refractivity contribution in [3.05, 3.63) is 63.4 Å². The normalized spacial score (nSPS) is 14.9. The summed E-state index contributed by atoms with van der Waals surface area (Å²) in [7, 11) is 0. The fourth-order valence-electron chi connectivity index (χ4n) is 2.68. The predicted octanol–water partition coefficient (Wildman–Crippen LogP) is 4.77. The van der Waals surface area contributed by atoms with E-state index in [0.717, 1.165) is 18.7 Å². The van der Waals surface area contributed by atoms with Gasteiger partial charge in [-0.25, -0.2) is 0 Å². The molecule has 0 radical (unpaired) electrons. The molecule has 1 aliphatic heterocycles. The Morgan fingerprint density at radius 2 is 1.96 bits per heavy atom. The molecule has 0 spiro atoms. The van der Waals surface area contributed by atoms with Crippen molar-refractivity contribution in [2.75, 3.05) is 25.0 Å². The summed E-state index contributed by atoms with van der Waals surface area (Å²) in [5.74, 6) is -0.166. The van der Waals surface area contributed by atoms with E-state index >= 15 is 0 Å². The number of nitrogens with one attached hydrogen (secondary N) is 1. The lowest BCUT2D eigenvalue weighted by atomic mass is 10.0. The van der Waals surface area contributed by atoms with E-state index in [0.29, 0.717) is 27.3 Å². The molecule has 0 saturated carbocycles. The SMILES string of the molecule is O=C(CN1CC=C(c2ccccn2)CC1)Nc1c(Cl)cc(Cl)cc1Cl. The molecule has 4 nitrogen and oxygen atoms in total. The quantitative estimate of drug-likeness (QED) is 0.809. The molecule has 1 aromatic heterocycles. The Hall–Kier alpha value is -1.59. The first-order valence-electron chi connectivity index (χ1n) is 7.80. The first kappa shape index (κ1) is 18.2. The molecule has 2 heterocycles. The highest BCUT2D eigenvalue weighted by molar-refractivity contribution is 6.42. The van der Waals surface area contributed by atoms with Gasteiger partial charge >= 0.3 is 0 Å². The number of carbonyl (C=O) groups excluding carboxylic acids is 1. The van der Waals surface area contributed by atoms with Crippen molar-refractivity contribution in [3.63, 3.8) is 0 Å². The van der Waals surface area contributed by atoms with Crippen LogP contribution in [-0.2, 0) is 4.79 Å². The molecule has 0 fully saturated rings. The van der Waals surface area contributed by atoms with Crippen LogP contribution in [-0.4, -0.2) is 35.4 Å². The third-order valence-corrected chi connectivity index (χ3v) is 4.74. The van der Waals surface area contributed by atoms with E-state index in [1.807, 2.05) is 18.2 Å². The molecule has 1 aromatic carbocycles. The zero-order valence-electron chi connectivity index (χ0n) is 13.3. The van der Waals surface area contributed by atoms with Gasteiger partial charge in [-0.3, -0.25) is 14.7 Å². The minimum Gasteiger partial charge on any atom is -0.322 e. The van der Waals surface area contributed by atoms with Gasteiger partial charge in [-0.05, 0) is 36.3 Å². The van der Waals surface area contributed by atoms with Crippen LogP contribution in [0.25, 0.3) is 5.57 Å². The average Bonchev–Trinajstić information content (AvgIpc) is 2.59. The van der Waals surface area contributed by atoms with Crippen LogP contribution in [0.15, 0.2) is 42.6 Å². The minimum atomic E-state index is -0.166. The van der Waals surface area contributed by atoms with Crippen molar-refractivity contribution < 1.29 is 4.79 Å². The Kier molecular flexibility index (Phi) is 5.97. The summed E-state index contributed by atoms with van der Waals surface area (Å²) in [5, 5.41) is 3.83. The number of pyridine rings is 1. The second-order valence-corrected chi connectivity index (χ2v) is 6.97. The first-order chi connectivity index (χ1) is 12.0. The van der Waals surface area contributed by atoms with E-state index in [2.05, 4.69) is 21.3 Å². The average molecular weight is 397 g/mol. The second-order valence-electron chi connectivity index (χ2n) is 5.72. The number of aromatic nitrogens is 1. The van der Waals surface area contributed by atoms with Gasteiger partial charge in [0.25, 0.3) is 0 Å². The van der Waals surface area contributed by atoms with E-state index < -0.39 is 0 Å². The molecule has 1 N–H and O–H groups in total. The summed E-state index contributed by atoms with van der Waals surface area (Å²) >= 11 is 18.1. The maximum absolute atomic E-state index is 12.3. The summed E-state index contributed by atoms with van der Waals surface area (Å²) in [6.07, 6.45) is 4.75. The molecule has 1 amide bonds. The van der Waals surface area contributed by atoms with Crippen LogP contribution in [0.3, 0.4) is 0 Å². The third-order valence-electron chi connectivity index (χ3n) is 3.93. The Balaban J connectivity index is 1.59. The molecular formula is C18H16Cl3N3O. The number of amides is 1. The molecule has 0 unspecified atom stereocenters. The molecule has 130 valence electrons. The monoisotopic (exact) mass is 395 g/mol. The lowest BCUT2D eigenvalue weighted by molar-refractivity contribution is -0.117. The van der Waals surface area contributed by atoms with Crippen LogP contribution in [0.4, 0.5) is 5.69 Å². The smallest absolute Gasteiger partial charge is 0.238 e. The van der Waals surface area contributed by atoms with Gasteiger partial charge in [0.1, 0.15) is 0 Å². The second kappa shape index (κ2) is 8.19. The Morgan fingerprint density at radius 3 is 2.56 bits per heavy atom. The van der Waals surface area contributed by atoms with Gasteiger partial charge < -0.3 is 5.32 Å². The van der Waals surface area contributed by atoms with Crippen LogP contribution < -0.4 is 5.32 Å². The minimum absolute atomic E-state index is 0.166. The topological polar surface area (TPSA) is 45.2 Å². The van der Waals surface area contributed by atoms with Crippen molar-refractivity contribution in [2.24, 2.45) is 0 Å². The van der Waals surface area contributed by atoms with Crippen LogP contribution in [0, 0.1) is 0 Å². The third kappa shape index (κ3) is 4.73. The number of hydrogen-bond donors (Lipinski definition) is 1. The van der Waals surface area contributed by atoms with Gasteiger partial charge in [-0.2, -0.15) is 0 Å². The van der Waals surface area contributed by atoms with E-state index in [9.17, 15) is 4.79 Å². The van der Waals surface area contributed by atoms with Gasteiger partial charge in [-0.1, -0.05) is 46.9 Å². The van der Waals surface area contributed by atoms with Crippen LogP contribution >= 0.6 is 34.8 Å². The number of nitrogens with zero attached hydrogens (tertiary/aromatic N) is 2. The Bertz CT molecular complexity index is 785. The van der Waals surface area contributed by atoms with Gasteiger partial charge in [0.15, 0.2) is 0 Å². The molecule has 0 bridgehead atoms. The first-order valence-corrected chi connectivity index (χ1v) is 8.93. The molecule has 3 rings (SSSR count). The molecule has 25 heavy (non-hydrogen) atoms. The van der Waals surface area contributed by atoms with Gasteiger partial charge in [0.05, 0.1) is 28.0 Å². The zero-order valence-corrected chi connectivity index (χ0v) is 15.6. The molecule has 0 atom stereocenters. The van der Waals surface area contributed by atoms with E-state index in [1.165, 1.54) is 5.57 Å². The van der Waals surface area contributed by atoms with E-state index in [-0.39, 0.29) is 12.5 Å². The van der Waals surface area contributed by atoms with Crippen LogP contribution in [0.5, 0.6) is 0 Å². The number of carbonyl (C=O) groups is 1. The number of benzene rings is 1. The number of halogens is 3. The Morgan fingerprint density at radius 1 is 1.20 bits per heavy atom. The van der Waals surface area contributed by atoms with Crippen LogP contribution in [0.2, 0.25) is 15.1 Å². The molecule has 2 aromatic rings. The largest absolute Gasteiger partial charge is 0.322 e. The summed E-state index contributed by atoms with van der Waals surface area (Å²) in [6.45, 7) is 1.75. The molecular weight excluding hydrogens is 381 g/mol. The lowest BCUT2D eigenvalue weighted by Crippen LogP contribution is -2.36. The van der Waals surface area contributed by atoms with Crippen molar-refractivity contribution in [1.29, 1.82) is 0 Å². The van der Waals surface area contributed by atoms with Crippen molar-refractivity contribution >= 4 is 52.0 Å². The van der Waals surface area contributed by atoms with Crippen molar-refractivity contribution in [3.8, 4) is 0 Å². The maximum Gasteiger partial charge on any atom is 0.238 e. The zero-order chi connectivity index (χ0) is 17.8. The van der Waals surface area contributed by atoms with Crippen molar-refractivity contribution in [1.82, 2.24) is 9.88 Å². The molecule has 0 aliphatic carbocycles. The predicted molar refractivity (Wildman–Crippen MR) is 103 cm³/mol. The fourth-order valence-corrected chi connectivity index (χ4v) is 3.60. The highest BCUT2D eigenvalue weighted by Crippen LogP contribution is 2.33. The molecule has 1 aliphatic rings. The summed E-state index contributed by atoms with van der Waals surface area (Å²) < 4.78 is 0. The number of hydrogen-bond acceptors (Lipinski definition) is 3. The summed E-state index contributed by atoms with van der Waals surface area (Å²) in [4.78, 5) is 18.7. The Labute approximate surface area is 161 Å². The lowest BCUT2D eigenvalue weighted by Gasteiger charge is -2.25. The number of rotatable bonds is 4. The van der Waals surface area contributed by atoms with Gasteiger partial charge in [-0.15, -0.1) is 0 Å². The fraction of sp³-hybridized carbons (Fsp3) is 0.222. The maximum atomic E-state index is 12.3. The highest BCUT2D eigenvalue weighted by Gasteiger charge is 2.18. The van der Waals surface area contributed by atoms with Gasteiger partial charge in [0.2, 0.25) is 5.91 Å². The van der Waals surface area contributed by atoms with Crippen molar-refractivity contribution in [2.45, 2.75) is 6.42 Å². The summed E-state index contributed by atoms with van der Waals surface area (Å²) in [5.41, 5.74) is 2.59. The molecule has 7 heteroatoms. The highest BCUT2D eigenvalue weighted by atomic mass is 35.5. The van der Waals surface area contributed by atoms with E-state index in [1.54, 1.807) is 18.3 Å². The van der Waals surface area contributed by atoms with Gasteiger partial charge in [0, 0.05) is 24.3 Å². The number of anilines is 1. The van der Waals surface area contributed by atoms with E-state index in [4.69, 9.17) is 34.8 Å². The molecule has 0 saturated heterocycles. The van der Waals surface area contributed by atoms with Crippen LogP contribution in [0.1, 0.15) is 12.1 Å². The standard InChI is InChI=1S/C18H16Cl3N3O/c19-13-9-14(20)18(15(21)10-13)23-17(25)11-24-7-4-12(5-8-24)16-3-1-2-6-22-16/h1-4,6,9-10H,5,7-8,11H2,(H,23,25). The summed E-state index contributed by atoms with van der Waals surface area (Å²) in [6, 6.07) is 8.97.